The summed E-state index contributed by atoms with van der Waals surface area (Å²) in [5.41, 5.74) is 40.2. The molecule has 5 rings (SSSR count). The molecule has 0 saturated carbocycles. The monoisotopic (exact) mass is 1550 g/mol. The predicted molar refractivity (Wildman–Crippen MR) is 401 cm³/mol. The number of aliphatic imine (C=N–C) groups is 2. The Hall–Kier alpha value is -10.2. The number of carboxylic acid groups (broad SMARTS) is 1. The van der Waals surface area contributed by atoms with Gasteiger partial charge < -0.3 is 118 Å². The molecule has 3 aliphatic heterocycles. The number of carbonyl (C=O) groups excluding carboxylic acids is 13. The van der Waals surface area contributed by atoms with Crippen LogP contribution in [0.4, 0.5) is 0 Å². The van der Waals surface area contributed by atoms with E-state index in [1.807, 2.05) is 6.26 Å². The first kappa shape index (κ1) is 89.4. The zero-order valence-corrected chi connectivity index (χ0v) is 62.9. The summed E-state index contributed by atoms with van der Waals surface area (Å²) in [6, 6.07) is -6.85. The number of nitrogens with one attached hydrogen (secondary N) is 10. The number of primary amides is 1. The van der Waals surface area contributed by atoms with E-state index in [9.17, 15) is 77.3 Å². The van der Waals surface area contributed by atoms with Gasteiger partial charge in [-0.1, -0.05) is 44.2 Å². The largest absolute Gasteiger partial charge is 0.480 e. The van der Waals surface area contributed by atoms with Crippen LogP contribution in [-0.2, 0) is 80.0 Å². The lowest BCUT2D eigenvalue weighted by Crippen LogP contribution is -2.61. The minimum atomic E-state index is -1.78. The van der Waals surface area contributed by atoms with Crippen molar-refractivity contribution in [2.75, 3.05) is 64.4 Å². The molecule has 4 heterocycles. The van der Waals surface area contributed by atoms with Gasteiger partial charge in [0, 0.05) is 63.9 Å². The van der Waals surface area contributed by atoms with E-state index in [1.54, 1.807) is 44.2 Å². The van der Waals surface area contributed by atoms with Crippen LogP contribution in [0.2, 0.25) is 0 Å². The van der Waals surface area contributed by atoms with Gasteiger partial charge in [-0.15, -0.1) is 0 Å². The van der Waals surface area contributed by atoms with E-state index in [0.29, 0.717) is 49.1 Å². The number of aliphatic carboxylic acids is 1. The smallest absolute Gasteiger partial charge is 0.326 e. The van der Waals surface area contributed by atoms with E-state index < -0.39 is 168 Å². The molecule has 1 aromatic heterocycles. The number of carbonyl (C=O) groups is 14. The average Bonchev–Trinajstić information content (AvgIpc) is 1.76. The minimum absolute atomic E-state index is 0.00202. The van der Waals surface area contributed by atoms with Gasteiger partial charge in [0.2, 0.25) is 76.8 Å². The molecule has 604 valence electrons. The minimum Gasteiger partial charge on any atom is -0.480 e. The third kappa shape index (κ3) is 29.7. The number of aromatic nitrogens is 2. The number of H-pyrrole nitrogens is 1. The van der Waals surface area contributed by atoms with Gasteiger partial charge in [-0.25, -0.2) is 9.78 Å². The number of hydrogen-bond acceptors (Lipinski definition) is 21. The van der Waals surface area contributed by atoms with E-state index in [4.69, 9.17) is 40.1 Å². The first-order chi connectivity index (χ1) is 52.0. The summed E-state index contributed by atoms with van der Waals surface area (Å²) in [4.78, 5) is 212. The number of guanidine groups is 2. The number of imidazole rings is 1. The van der Waals surface area contributed by atoms with Crippen molar-refractivity contribution in [3.8, 4) is 0 Å². The number of unbranched alkanes of at least 4 members (excludes halogenated alkanes) is 1. The molecule has 39 nitrogen and oxygen atoms in total. The van der Waals surface area contributed by atoms with Crippen molar-refractivity contribution < 1.29 is 77.3 Å². The molecule has 12 atom stereocenters. The number of nitrogens with two attached hydrogens (primary N) is 7. The summed E-state index contributed by atoms with van der Waals surface area (Å²) < 4.78 is 0. The number of aliphatic hydroxyl groups is 1. The number of amides is 13. The molecule has 0 unspecified atom stereocenters. The number of aromatic amines is 1. The Labute approximate surface area is 636 Å². The van der Waals surface area contributed by atoms with E-state index >= 15 is 0 Å². The molecule has 26 N–H and O–H groups in total. The number of likely N-dealkylation sites (tertiary alicyclic amines) is 3. The summed E-state index contributed by atoms with van der Waals surface area (Å²) in [5, 5.41) is 44.4. The zero-order valence-electron chi connectivity index (χ0n) is 62.1. The highest BCUT2D eigenvalue weighted by molar-refractivity contribution is 7.98. The van der Waals surface area contributed by atoms with Crippen molar-refractivity contribution in [2.45, 2.75) is 208 Å². The second kappa shape index (κ2) is 46.2. The summed E-state index contributed by atoms with van der Waals surface area (Å²) in [5.74, 6) is -11.6. The molecular formula is C69H111N23O16S. The quantitative estimate of drug-likeness (QED) is 0.0167. The molecule has 3 fully saturated rings. The molecule has 1 aromatic carbocycles. The highest BCUT2D eigenvalue weighted by Crippen LogP contribution is 2.24. The molecule has 13 amide bonds. The SMILES string of the molecule is CSCC[C@H](NC(=O)[C@@H]1CCCN1C(=O)CNC(=O)[C@H](CCCCN)NC(=O)[C@H](Cc1cnc[nH]1)NC(=O)[C@H](CO)NC(=O)[C@H](CC(C)C)NC(=O)[C@H](CCCN=C(N)N)NC(=O)[C@@H]1CCCN1C(=O)[C@H](CCCN=C(N)N)NC(=O)[C@@H](N)CCC(N)=O)C(=O)N1CCC[C@H]1C(=O)N[C@@H](Cc1ccccc1)C(=O)O. The van der Waals surface area contributed by atoms with Gasteiger partial charge in [0.05, 0.1) is 25.5 Å². The molecule has 0 aliphatic carbocycles. The fourth-order valence-electron chi connectivity index (χ4n) is 12.9. The first-order valence-electron chi connectivity index (χ1n) is 36.8. The predicted octanol–water partition coefficient (Wildman–Crippen LogP) is -6.13. The van der Waals surface area contributed by atoms with Crippen molar-refractivity contribution in [2.24, 2.45) is 56.0 Å². The lowest BCUT2D eigenvalue weighted by Gasteiger charge is -2.31. The second-order valence-electron chi connectivity index (χ2n) is 27.5. The molecule has 0 spiro atoms. The Kier molecular flexibility index (Phi) is 37.9. The maximum atomic E-state index is 14.5. The molecule has 2 aromatic rings. The van der Waals surface area contributed by atoms with Gasteiger partial charge in [-0.05, 0) is 133 Å². The Bertz CT molecular complexity index is 3460. The summed E-state index contributed by atoms with van der Waals surface area (Å²) >= 11 is 1.42. The van der Waals surface area contributed by atoms with Crippen LogP contribution in [0.25, 0.3) is 0 Å². The second-order valence-corrected chi connectivity index (χ2v) is 28.5. The van der Waals surface area contributed by atoms with E-state index in [2.05, 4.69) is 67.8 Å². The first-order valence-corrected chi connectivity index (χ1v) is 38.2. The Balaban J connectivity index is 1.27. The number of hydrogen-bond donors (Lipinski definition) is 19. The maximum absolute atomic E-state index is 14.5. The molecule has 40 heteroatoms. The third-order valence-electron chi connectivity index (χ3n) is 18.6. The maximum Gasteiger partial charge on any atom is 0.326 e. The summed E-state index contributed by atoms with van der Waals surface area (Å²) in [7, 11) is 0. The van der Waals surface area contributed by atoms with Crippen molar-refractivity contribution >= 4 is 106 Å². The van der Waals surface area contributed by atoms with E-state index in [1.165, 1.54) is 39.0 Å². The van der Waals surface area contributed by atoms with Crippen LogP contribution < -0.4 is 88.0 Å². The van der Waals surface area contributed by atoms with Crippen LogP contribution >= 0.6 is 11.8 Å². The van der Waals surface area contributed by atoms with Gasteiger partial charge in [0.25, 0.3) is 0 Å². The van der Waals surface area contributed by atoms with Gasteiger partial charge in [0.15, 0.2) is 11.9 Å². The van der Waals surface area contributed by atoms with Crippen LogP contribution in [0.1, 0.15) is 134 Å². The molecule has 3 saturated heterocycles. The third-order valence-corrected chi connectivity index (χ3v) is 19.3. The van der Waals surface area contributed by atoms with Gasteiger partial charge >= 0.3 is 5.97 Å². The fourth-order valence-corrected chi connectivity index (χ4v) is 13.4. The van der Waals surface area contributed by atoms with Gasteiger partial charge in [0.1, 0.15) is 66.5 Å². The lowest BCUT2D eigenvalue weighted by molar-refractivity contribution is -0.145. The number of rotatable bonds is 47. The van der Waals surface area contributed by atoms with Crippen LogP contribution in [0.3, 0.4) is 0 Å². The van der Waals surface area contributed by atoms with Gasteiger partial charge in [-0.2, -0.15) is 11.8 Å². The lowest BCUT2D eigenvalue weighted by atomic mass is 10.0. The molecule has 0 bridgehead atoms. The van der Waals surface area contributed by atoms with Crippen LogP contribution in [0, 0.1) is 5.92 Å². The molecular weight excluding hydrogens is 1440 g/mol. The number of benzene rings is 1. The van der Waals surface area contributed by atoms with Crippen LogP contribution in [0.5, 0.6) is 0 Å². The number of carboxylic acids is 1. The summed E-state index contributed by atoms with van der Waals surface area (Å²) in [6.45, 7) is 2.46. The number of aliphatic hydroxyl groups excluding tert-OH is 1. The molecule has 109 heavy (non-hydrogen) atoms. The van der Waals surface area contributed by atoms with Gasteiger partial charge in [-0.3, -0.25) is 72.3 Å². The standard InChI is InChI=1S/C69H111N23O16S/c1-39(2)32-47(86-58(98)44(17-9-26-78-68(73)74)83-63(103)52-20-12-29-91(52)65(105)45(18-10-27-79-69(75)76)84-56(96)42(71)22-23-54(72)94)59(99)89-50(37-93)61(101)87-48(34-41-35-77-38-81-41)60(100)82-43(16-7-8-25-70)57(97)80-36-55(95)90-28-11-19-51(90)62(102)85-46(24-31-109-3)66(106)92-30-13-21-53(92)64(104)88-49(67(107)108)33-40-14-5-4-6-15-40/h4-6,14-15,35,38-39,42-53,93H,7-13,16-34,36-37,70-71H2,1-3H3,(H2,72,94)(H,77,81)(H,80,97)(H,82,100)(H,83,103)(H,84,96)(H,85,102)(H,86,98)(H,87,101)(H,88,104)(H,89,99)(H,107,108)(H4,73,74,78)(H4,75,76,79)/t42-,43-,44-,45-,46-,47-,48-,49-,50-,51-,52-,53-/m0/s1. The van der Waals surface area contributed by atoms with Crippen molar-refractivity contribution in [1.82, 2.24) is 72.5 Å². The fraction of sp³-hybridized carbons (Fsp3) is 0.638. The molecule has 0 radical (unpaired) electrons. The topological polar surface area (TPSA) is 633 Å². The van der Waals surface area contributed by atoms with Crippen LogP contribution in [0.15, 0.2) is 52.8 Å². The average molecular weight is 1550 g/mol. The zero-order chi connectivity index (χ0) is 80.3. The van der Waals surface area contributed by atoms with E-state index in [0.717, 1.165) is 0 Å². The Morgan fingerprint density at radius 2 is 1.05 bits per heavy atom. The van der Waals surface area contributed by atoms with E-state index in [-0.39, 0.29) is 147 Å². The Morgan fingerprint density at radius 1 is 0.569 bits per heavy atom. The number of nitrogens with zero attached hydrogens (tertiary/aromatic N) is 6. The normalized spacial score (nSPS) is 17.8. The highest BCUT2D eigenvalue weighted by Gasteiger charge is 2.43. The van der Waals surface area contributed by atoms with Crippen LogP contribution in [-0.4, -0.2) is 266 Å². The highest BCUT2D eigenvalue weighted by atomic mass is 32.2. The Morgan fingerprint density at radius 3 is 1.58 bits per heavy atom. The summed E-state index contributed by atoms with van der Waals surface area (Å²) in [6.07, 6.45) is 6.69. The number of thioether (sulfide) groups is 1. The molecule has 3 aliphatic rings. The van der Waals surface area contributed by atoms with Crippen molar-refractivity contribution in [3.63, 3.8) is 0 Å². The van der Waals surface area contributed by atoms with Crippen molar-refractivity contribution in [1.29, 1.82) is 0 Å². The van der Waals surface area contributed by atoms with Crippen molar-refractivity contribution in [3.05, 3.63) is 54.1 Å².